The number of halogens is 4. The largest absolute Gasteiger partial charge is 0.381 e. The highest BCUT2D eigenvalue weighted by Crippen LogP contribution is 2.35. The van der Waals surface area contributed by atoms with Crippen molar-refractivity contribution >= 4 is 11.6 Å². The van der Waals surface area contributed by atoms with Gasteiger partial charge in [0.05, 0.1) is 23.2 Å². The molecular formula is C39H44F4N6O5. The number of aromatic amines is 2. The number of hydrogen-bond donors (Lipinski definition) is 4. The minimum absolute atomic E-state index is 0.134. The van der Waals surface area contributed by atoms with Gasteiger partial charge in [-0.2, -0.15) is 0 Å². The lowest BCUT2D eigenvalue weighted by Crippen LogP contribution is -2.45. The van der Waals surface area contributed by atoms with Gasteiger partial charge in [-0.25, -0.2) is 27.2 Å². The van der Waals surface area contributed by atoms with E-state index in [1.54, 1.807) is 38.1 Å². The predicted molar refractivity (Wildman–Crippen MR) is 196 cm³/mol. The summed E-state index contributed by atoms with van der Waals surface area (Å²) < 4.78 is 65.9. The third-order valence-electron chi connectivity index (χ3n) is 11.0. The molecule has 4 aromatic rings. The summed E-state index contributed by atoms with van der Waals surface area (Å²) in [5.41, 5.74) is 0.473. The number of H-pyrrole nitrogens is 2. The van der Waals surface area contributed by atoms with Crippen molar-refractivity contribution in [3.8, 4) is 0 Å². The molecule has 1 aliphatic carbocycles. The number of aryl methyl sites for hydroxylation is 2. The summed E-state index contributed by atoms with van der Waals surface area (Å²) in [6, 6.07) is 6.68. The van der Waals surface area contributed by atoms with Crippen LogP contribution < -0.4 is 33.1 Å². The molecule has 0 spiro atoms. The Morgan fingerprint density at radius 1 is 0.630 bits per heavy atom. The number of anilines is 2. The van der Waals surface area contributed by atoms with Crippen LogP contribution in [0, 0.1) is 25.5 Å². The first-order chi connectivity index (χ1) is 25.9. The van der Waals surface area contributed by atoms with Gasteiger partial charge in [0.1, 0.15) is 35.6 Å². The van der Waals surface area contributed by atoms with E-state index >= 15 is 0 Å². The number of nitrogens with zero attached hydrogens (tertiary/aromatic N) is 2. The number of ether oxygens (including phenoxy) is 1. The second-order valence-corrected chi connectivity index (χ2v) is 14.8. The van der Waals surface area contributed by atoms with Crippen molar-refractivity contribution in [1.29, 1.82) is 0 Å². The molecule has 2 aromatic carbocycles. The summed E-state index contributed by atoms with van der Waals surface area (Å²) in [6.07, 6.45) is 2.46. The molecule has 4 N–H and O–H groups in total. The van der Waals surface area contributed by atoms with Crippen molar-refractivity contribution in [2.24, 2.45) is 0 Å². The number of alkyl halides is 2. The van der Waals surface area contributed by atoms with E-state index in [-0.39, 0.29) is 58.8 Å². The maximum absolute atomic E-state index is 14.9. The van der Waals surface area contributed by atoms with Gasteiger partial charge in [-0.15, -0.1) is 0 Å². The zero-order valence-electron chi connectivity index (χ0n) is 30.2. The number of aromatic nitrogens is 4. The van der Waals surface area contributed by atoms with Gasteiger partial charge in [-0.3, -0.25) is 28.7 Å². The average molecular weight is 753 g/mol. The first-order valence-electron chi connectivity index (χ1n) is 18.6. The van der Waals surface area contributed by atoms with Crippen LogP contribution in [0.2, 0.25) is 0 Å². The number of benzene rings is 2. The molecule has 11 nitrogen and oxygen atoms in total. The highest BCUT2D eigenvalue weighted by atomic mass is 19.1. The Kier molecular flexibility index (Phi) is 10.7. The van der Waals surface area contributed by atoms with Gasteiger partial charge in [-0.1, -0.05) is 54.7 Å². The minimum atomic E-state index is -1.49. The second kappa shape index (κ2) is 15.4. The molecule has 1 saturated carbocycles. The Labute approximate surface area is 307 Å². The molecule has 4 atom stereocenters. The van der Waals surface area contributed by atoms with Crippen LogP contribution in [0.3, 0.4) is 0 Å². The van der Waals surface area contributed by atoms with E-state index in [1.807, 2.05) is 0 Å². The number of hydrogen-bond acceptors (Lipinski definition) is 7. The Morgan fingerprint density at radius 2 is 1.06 bits per heavy atom. The minimum Gasteiger partial charge on any atom is -0.381 e. The lowest BCUT2D eigenvalue weighted by atomic mass is 9.92. The summed E-state index contributed by atoms with van der Waals surface area (Å²) in [6.45, 7) is 4.55. The van der Waals surface area contributed by atoms with E-state index < -0.39 is 58.6 Å². The first-order valence-corrected chi connectivity index (χ1v) is 18.6. The molecule has 4 aliphatic rings. The highest BCUT2D eigenvalue weighted by Gasteiger charge is 2.36. The normalized spacial score (nSPS) is 22.9. The molecule has 3 aliphatic heterocycles. The topological polar surface area (TPSA) is 143 Å². The molecule has 0 unspecified atom stereocenters. The van der Waals surface area contributed by atoms with Crippen LogP contribution in [0.5, 0.6) is 0 Å². The fourth-order valence-corrected chi connectivity index (χ4v) is 8.21. The Morgan fingerprint density at radius 3 is 1.50 bits per heavy atom. The molecule has 2 fully saturated rings. The summed E-state index contributed by atoms with van der Waals surface area (Å²) in [5.74, 6) is -0.658. The molecule has 8 rings (SSSR count). The van der Waals surface area contributed by atoms with Crippen LogP contribution in [0.4, 0.5) is 29.2 Å². The SMILES string of the molecule is Cc1ccc(F)c([C@@H]2Nc3[nH]c(=O)n(C4CCCCC4)c(=O)c3C[C@@H]2F)c1.Cc1ccc(F)c([C@@H]2Nc3[nH]c(=O)n(C4CCOCC4)c(=O)c3C[C@H]2F)c1. The van der Waals surface area contributed by atoms with E-state index in [2.05, 4.69) is 20.6 Å². The molecule has 0 bridgehead atoms. The maximum Gasteiger partial charge on any atom is 0.330 e. The lowest BCUT2D eigenvalue weighted by Gasteiger charge is -2.31. The van der Waals surface area contributed by atoms with Gasteiger partial charge >= 0.3 is 11.4 Å². The van der Waals surface area contributed by atoms with Gasteiger partial charge in [0.2, 0.25) is 0 Å². The molecule has 288 valence electrons. The van der Waals surface area contributed by atoms with Crippen LogP contribution >= 0.6 is 0 Å². The number of rotatable bonds is 4. The maximum atomic E-state index is 14.9. The lowest BCUT2D eigenvalue weighted by molar-refractivity contribution is 0.0673. The molecule has 15 heteroatoms. The standard InChI is InChI=1S/C20H23F2N3O2.C19H21F2N3O3/c1-11-7-8-15(21)13(9-11)17-16(22)10-14-18(23-17)24-20(27)25(19(14)26)12-5-3-2-4-6-12;1-10-2-3-14(20)12(8-10)16-15(21)9-13-17(22-16)23-19(26)24(18(13)25)11-4-6-27-7-5-11/h7-9,12,16-17,23H,2-6,10H2,1H3,(H,24,27);2-3,8,11,15-16,22H,4-7,9H2,1H3,(H,23,26)/t16-,17-;15-,16+/m01/s1. The Bertz CT molecular complexity index is 2110. The average Bonchev–Trinajstić information content (AvgIpc) is 3.15. The zero-order chi connectivity index (χ0) is 38.3. The van der Waals surface area contributed by atoms with E-state index in [4.69, 9.17) is 4.74 Å². The molecule has 0 radical (unpaired) electrons. The summed E-state index contributed by atoms with van der Waals surface area (Å²) >= 11 is 0. The van der Waals surface area contributed by atoms with Gasteiger partial charge in [0, 0.05) is 49.3 Å². The molecule has 5 heterocycles. The van der Waals surface area contributed by atoms with Gasteiger partial charge in [0.25, 0.3) is 11.1 Å². The first kappa shape index (κ1) is 37.4. The molecule has 1 saturated heterocycles. The third-order valence-corrected chi connectivity index (χ3v) is 11.0. The van der Waals surface area contributed by atoms with E-state index in [0.717, 1.165) is 43.2 Å². The van der Waals surface area contributed by atoms with Crippen molar-refractivity contribution in [1.82, 2.24) is 19.1 Å². The van der Waals surface area contributed by atoms with Crippen molar-refractivity contribution < 1.29 is 22.3 Å². The van der Waals surface area contributed by atoms with Gasteiger partial charge in [-0.05, 0) is 51.7 Å². The predicted octanol–water partition coefficient (Wildman–Crippen LogP) is 5.92. The summed E-state index contributed by atoms with van der Waals surface area (Å²) in [4.78, 5) is 56.2. The third kappa shape index (κ3) is 7.29. The van der Waals surface area contributed by atoms with E-state index in [1.165, 1.54) is 21.3 Å². The monoisotopic (exact) mass is 752 g/mol. The Hall–Kier alpha value is -4.92. The van der Waals surface area contributed by atoms with Crippen LogP contribution in [0.15, 0.2) is 55.6 Å². The molecule has 54 heavy (non-hydrogen) atoms. The fraction of sp³-hybridized carbons (Fsp3) is 0.487. The van der Waals surface area contributed by atoms with Crippen LogP contribution in [-0.4, -0.2) is 44.7 Å². The van der Waals surface area contributed by atoms with Crippen molar-refractivity contribution in [2.75, 3.05) is 23.8 Å². The summed E-state index contributed by atoms with van der Waals surface area (Å²) in [5, 5.41) is 5.69. The van der Waals surface area contributed by atoms with Crippen LogP contribution in [0.25, 0.3) is 0 Å². The van der Waals surface area contributed by atoms with Crippen LogP contribution in [-0.2, 0) is 17.6 Å². The van der Waals surface area contributed by atoms with Gasteiger partial charge < -0.3 is 15.4 Å². The quantitative estimate of drug-likeness (QED) is 0.190. The van der Waals surface area contributed by atoms with Crippen molar-refractivity contribution in [2.45, 2.75) is 108 Å². The van der Waals surface area contributed by atoms with Crippen LogP contribution in [0.1, 0.15) is 102 Å². The second-order valence-electron chi connectivity index (χ2n) is 14.8. The summed E-state index contributed by atoms with van der Waals surface area (Å²) in [7, 11) is 0. The fourth-order valence-electron chi connectivity index (χ4n) is 8.21. The van der Waals surface area contributed by atoms with E-state index in [0.29, 0.717) is 26.1 Å². The number of fused-ring (bicyclic) bond motifs is 2. The van der Waals surface area contributed by atoms with Crippen molar-refractivity contribution in [3.63, 3.8) is 0 Å². The Balaban J connectivity index is 0.000000167. The van der Waals surface area contributed by atoms with Crippen molar-refractivity contribution in [3.05, 3.63) is 123 Å². The molecule has 0 amide bonds. The smallest absolute Gasteiger partial charge is 0.330 e. The van der Waals surface area contributed by atoms with E-state index in [9.17, 15) is 36.7 Å². The molecule has 2 aromatic heterocycles. The zero-order valence-corrected chi connectivity index (χ0v) is 30.2. The van der Waals surface area contributed by atoms with Gasteiger partial charge in [0.15, 0.2) is 0 Å². The molecular weight excluding hydrogens is 708 g/mol. The highest BCUT2D eigenvalue weighted by molar-refractivity contribution is 5.51. The number of nitrogens with one attached hydrogen (secondary N) is 4.